The summed E-state index contributed by atoms with van der Waals surface area (Å²) in [5.74, 6) is 0.0892. The lowest BCUT2D eigenvalue weighted by molar-refractivity contribution is -0.0228. The largest absolute Gasteiger partial charge is 0.378 e. The minimum absolute atomic E-state index is 0.0667. The summed E-state index contributed by atoms with van der Waals surface area (Å²) in [6.45, 7) is 3.77. The number of benzene rings is 2. The maximum Gasteiger partial charge on any atom is 0.254 e. The molecule has 1 aliphatic rings. The van der Waals surface area contributed by atoms with Crippen molar-refractivity contribution in [3.8, 4) is 0 Å². The number of hydrogen-bond acceptors (Lipinski definition) is 3. The lowest BCUT2D eigenvalue weighted by Gasteiger charge is -2.33. The molecular formula is C20H24N2O2. The third-order valence-electron chi connectivity index (χ3n) is 4.51. The Morgan fingerprint density at radius 2 is 1.83 bits per heavy atom. The fourth-order valence-electron chi connectivity index (χ4n) is 3.01. The first-order chi connectivity index (χ1) is 11.6. The second kappa shape index (κ2) is 7.05. The van der Waals surface area contributed by atoms with Gasteiger partial charge >= 0.3 is 0 Å². The molecule has 0 aliphatic carbocycles. The van der Waals surface area contributed by atoms with E-state index >= 15 is 0 Å². The van der Waals surface area contributed by atoms with Crippen LogP contribution in [0.15, 0.2) is 48.5 Å². The minimum Gasteiger partial charge on any atom is -0.378 e. The Kier molecular flexibility index (Phi) is 4.86. The van der Waals surface area contributed by atoms with Gasteiger partial charge in [0, 0.05) is 31.9 Å². The predicted octanol–water partition coefficient (Wildman–Crippen LogP) is 3.27. The Morgan fingerprint density at radius 3 is 2.50 bits per heavy atom. The van der Waals surface area contributed by atoms with Crippen LogP contribution in [0, 0.1) is 6.92 Å². The van der Waals surface area contributed by atoms with Crippen LogP contribution in [0.25, 0.3) is 0 Å². The summed E-state index contributed by atoms with van der Waals surface area (Å²) in [6, 6.07) is 16.1. The van der Waals surface area contributed by atoms with Crippen LogP contribution < -0.4 is 4.90 Å². The molecule has 1 unspecified atom stereocenters. The molecule has 1 aliphatic heterocycles. The Hall–Kier alpha value is -2.33. The molecule has 1 amide bonds. The van der Waals surface area contributed by atoms with Crippen LogP contribution in [0.3, 0.4) is 0 Å². The molecule has 1 saturated heterocycles. The predicted molar refractivity (Wildman–Crippen MR) is 96.5 cm³/mol. The normalized spacial score (nSPS) is 17.6. The highest BCUT2D eigenvalue weighted by Gasteiger charge is 2.26. The standard InChI is InChI=1S/C20H24N2O2/c1-15-6-4-5-7-18(15)20(23)22-12-13-24-19(14-22)16-8-10-17(11-9-16)21(2)3/h4-11,19H,12-14H2,1-3H3. The fourth-order valence-corrected chi connectivity index (χ4v) is 3.01. The van der Waals surface area contributed by atoms with Gasteiger partial charge in [-0.15, -0.1) is 0 Å². The zero-order valence-electron chi connectivity index (χ0n) is 14.5. The van der Waals surface area contributed by atoms with Crippen molar-refractivity contribution in [2.45, 2.75) is 13.0 Å². The van der Waals surface area contributed by atoms with Crippen molar-refractivity contribution in [2.75, 3.05) is 38.7 Å². The minimum atomic E-state index is -0.0667. The van der Waals surface area contributed by atoms with Gasteiger partial charge in [-0.2, -0.15) is 0 Å². The molecule has 3 rings (SSSR count). The third kappa shape index (κ3) is 3.44. The summed E-state index contributed by atoms with van der Waals surface area (Å²) in [5.41, 5.74) is 4.06. The average molecular weight is 324 g/mol. The highest BCUT2D eigenvalue weighted by Crippen LogP contribution is 2.25. The molecule has 0 radical (unpaired) electrons. The summed E-state index contributed by atoms with van der Waals surface area (Å²) in [7, 11) is 4.05. The molecular weight excluding hydrogens is 300 g/mol. The number of aryl methyl sites for hydroxylation is 1. The van der Waals surface area contributed by atoms with Crippen LogP contribution in [-0.4, -0.2) is 44.6 Å². The molecule has 24 heavy (non-hydrogen) atoms. The first-order valence-corrected chi connectivity index (χ1v) is 8.30. The number of rotatable bonds is 3. The lowest BCUT2D eigenvalue weighted by atomic mass is 10.0. The quantitative estimate of drug-likeness (QED) is 0.869. The van der Waals surface area contributed by atoms with E-state index in [9.17, 15) is 4.79 Å². The molecule has 0 N–H and O–H groups in total. The number of carbonyl (C=O) groups excluding carboxylic acids is 1. The van der Waals surface area contributed by atoms with Crippen molar-refractivity contribution in [2.24, 2.45) is 0 Å². The average Bonchev–Trinajstić information content (AvgIpc) is 2.62. The maximum atomic E-state index is 12.8. The van der Waals surface area contributed by atoms with Gasteiger partial charge in [0.1, 0.15) is 6.10 Å². The zero-order valence-corrected chi connectivity index (χ0v) is 14.5. The molecule has 2 aromatic carbocycles. The number of morpholine rings is 1. The van der Waals surface area contributed by atoms with Crippen molar-refractivity contribution < 1.29 is 9.53 Å². The molecule has 126 valence electrons. The SMILES string of the molecule is Cc1ccccc1C(=O)N1CCOC(c2ccc(N(C)C)cc2)C1. The molecule has 1 atom stereocenters. The van der Waals surface area contributed by atoms with Crippen LogP contribution in [0.1, 0.15) is 27.6 Å². The molecule has 0 spiro atoms. The van der Waals surface area contributed by atoms with Crippen LogP contribution in [0.2, 0.25) is 0 Å². The van der Waals surface area contributed by atoms with Gasteiger partial charge in [-0.1, -0.05) is 30.3 Å². The maximum absolute atomic E-state index is 12.8. The van der Waals surface area contributed by atoms with Crippen LogP contribution >= 0.6 is 0 Å². The van der Waals surface area contributed by atoms with Crippen molar-refractivity contribution >= 4 is 11.6 Å². The Balaban J connectivity index is 1.74. The van der Waals surface area contributed by atoms with Gasteiger partial charge in [0.25, 0.3) is 5.91 Å². The molecule has 2 aromatic rings. The van der Waals surface area contributed by atoms with Crippen molar-refractivity contribution in [1.29, 1.82) is 0 Å². The summed E-state index contributed by atoms with van der Waals surface area (Å²) in [5, 5.41) is 0. The first kappa shape index (κ1) is 16.5. The summed E-state index contributed by atoms with van der Waals surface area (Å²) in [4.78, 5) is 16.8. The summed E-state index contributed by atoms with van der Waals surface area (Å²) in [6.07, 6.45) is -0.0667. The monoisotopic (exact) mass is 324 g/mol. The van der Waals surface area contributed by atoms with E-state index in [1.54, 1.807) is 0 Å². The van der Waals surface area contributed by atoms with Crippen LogP contribution in [0.5, 0.6) is 0 Å². The van der Waals surface area contributed by atoms with Gasteiger partial charge < -0.3 is 14.5 Å². The molecule has 4 nitrogen and oxygen atoms in total. The van der Waals surface area contributed by atoms with Crippen LogP contribution in [0.4, 0.5) is 5.69 Å². The Morgan fingerprint density at radius 1 is 1.12 bits per heavy atom. The van der Waals surface area contributed by atoms with Gasteiger partial charge in [0.15, 0.2) is 0 Å². The van der Waals surface area contributed by atoms with E-state index in [1.807, 2.05) is 50.2 Å². The van der Waals surface area contributed by atoms with Crippen molar-refractivity contribution in [3.05, 3.63) is 65.2 Å². The number of nitrogens with zero attached hydrogens (tertiary/aromatic N) is 2. The zero-order chi connectivity index (χ0) is 17.1. The lowest BCUT2D eigenvalue weighted by Crippen LogP contribution is -2.42. The van der Waals surface area contributed by atoms with Gasteiger partial charge in [0.05, 0.1) is 13.2 Å². The number of amides is 1. The highest BCUT2D eigenvalue weighted by atomic mass is 16.5. The Bertz CT molecular complexity index is 710. The Labute approximate surface area is 143 Å². The van der Waals surface area contributed by atoms with E-state index in [1.165, 1.54) is 0 Å². The molecule has 1 heterocycles. The number of carbonyl (C=O) groups is 1. The summed E-state index contributed by atoms with van der Waals surface area (Å²) < 4.78 is 5.90. The second-order valence-electron chi connectivity index (χ2n) is 6.41. The molecule has 0 saturated carbocycles. The molecule has 0 bridgehead atoms. The van der Waals surface area contributed by atoms with Gasteiger partial charge in [-0.25, -0.2) is 0 Å². The first-order valence-electron chi connectivity index (χ1n) is 8.30. The number of hydrogen-bond donors (Lipinski definition) is 0. The van der Waals surface area contributed by atoms with E-state index < -0.39 is 0 Å². The summed E-state index contributed by atoms with van der Waals surface area (Å²) >= 11 is 0. The smallest absolute Gasteiger partial charge is 0.254 e. The second-order valence-corrected chi connectivity index (χ2v) is 6.41. The molecule has 4 heteroatoms. The topological polar surface area (TPSA) is 32.8 Å². The molecule has 1 fully saturated rings. The highest BCUT2D eigenvalue weighted by molar-refractivity contribution is 5.95. The van der Waals surface area contributed by atoms with E-state index in [-0.39, 0.29) is 12.0 Å². The van der Waals surface area contributed by atoms with Gasteiger partial charge in [-0.05, 0) is 36.2 Å². The van der Waals surface area contributed by atoms with Gasteiger partial charge in [0.2, 0.25) is 0 Å². The van der Waals surface area contributed by atoms with E-state index in [2.05, 4.69) is 29.2 Å². The van der Waals surface area contributed by atoms with Crippen molar-refractivity contribution in [3.63, 3.8) is 0 Å². The third-order valence-corrected chi connectivity index (χ3v) is 4.51. The fraction of sp³-hybridized carbons (Fsp3) is 0.350. The van der Waals surface area contributed by atoms with E-state index in [4.69, 9.17) is 4.74 Å². The van der Waals surface area contributed by atoms with E-state index in [0.717, 1.165) is 22.4 Å². The van der Waals surface area contributed by atoms with Crippen molar-refractivity contribution in [1.82, 2.24) is 4.90 Å². The number of ether oxygens (including phenoxy) is 1. The van der Waals surface area contributed by atoms with Crippen LogP contribution in [-0.2, 0) is 4.74 Å². The molecule has 0 aromatic heterocycles. The van der Waals surface area contributed by atoms with E-state index in [0.29, 0.717) is 19.7 Å². The van der Waals surface area contributed by atoms with Gasteiger partial charge in [-0.3, -0.25) is 4.79 Å². The number of anilines is 1.